The van der Waals surface area contributed by atoms with E-state index >= 15 is 0 Å². The molecule has 1 atom stereocenters. The summed E-state index contributed by atoms with van der Waals surface area (Å²) < 4.78 is 13.5. The fourth-order valence-electron chi connectivity index (χ4n) is 8.99. The van der Waals surface area contributed by atoms with Crippen molar-refractivity contribution in [3.63, 3.8) is 0 Å². The van der Waals surface area contributed by atoms with Crippen molar-refractivity contribution in [2.45, 2.75) is 5.41 Å². The summed E-state index contributed by atoms with van der Waals surface area (Å²) in [7, 11) is 0. The van der Waals surface area contributed by atoms with Crippen LogP contribution in [0.5, 0.6) is 11.5 Å². The van der Waals surface area contributed by atoms with Crippen LogP contribution < -0.4 is 4.74 Å². The minimum Gasteiger partial charge on any atom is -0.457 e. The van der Waals surface area contributed by atoms with Gasteiger partial charge in [-0.1, -0.05) is 146 Å². The van der Waals surface area contributed by atoms with E-state index in [-0.39, 0.29) is 0 Å². The van der Waals surface area contributed by atoms with Crippen LogP contribution in [0, 0.1) is 0 Å². The number of rotatable bonds is 4. The highest BCUT2D eigenvalue weighted by Crippen LogP contribution is 2.59. The molecule has 0 fully saturated rings. The Morgan fingerprint density at radius 3 is 1.83 bits per heavy atom. The molecule has 1 aliphatic heterocycles. The van der Waals surface area contributed by atoms with Gasteiger partial charge in [-0.2, -0.15) is 0 Å². The quantitative estimate of drug-likeness (QED) is 0.178. The number of aromatic nitrogens is 4. The molecule has 0 N–H and O–H groups in total. The number of fused-ring (bicyclic) bond motifs is 11. The standard InChI is InChI=1S/C53H32N4O2/c1-3-14-35(15-4-1)51-54-31-38(32-55-51)46-30-45(56-52(57-46)36-16-5-2-6-17-36)37-26-25-34-24-23-33-13-7-9-19-41(33)53(43(34)27-37)42-20-10-12-22-48(42)59-50-28-40-39-18-8-11-21-47(39)58-49(40)29-44(50)53/h1-32H. The van der Waals surface area contributed by atoms with Crippen molar-refractivity contribution in [2.24, 2.45) is 0 Å². The van der Waals surface area contributed by atoms with Gasteiger partial charge in [0.2, 0.25) is 0 Å². The van der Waals surface area contributed by atoms with Crippen molar-refractivity contribution in [1.82, 2.24) is 19.9 Å². The van der Waals surface area contributed by atoms with E-state index in [1.54, 1.807) is 0 Å². The molecule has 1 spiro atoms. The van der Waals surface area contributed by atoms with Crippen LogP contribution in [-0.4, -0.2) is 19.9 Å². The van der Waals surface area contributed by atoms with E-state index in [9.17, 15) is 0 Å². The van der Waals surface area contributed by atoms with Crippen LogP contribution in [0.2, 0.25) is 0 Å². The van der Waals surface area contributed by atoms with Gasteiger partial charge in [-0.3, -0.25) is 0 Å². The molecule has 0 bridgehead atoms. The first-order valence-corrected chi connectivity index (χ1v) is 19.7. The van der Waals surface area contributed by atoms with Gasteiger partial charge in [0.1, 0.15) is 22.7 Å². The first-order valence-electron chi connectivity index (χ1n) is 19.7. The topological polar surface area (TPSA) is 73.9 Å². The number of ether oxygens (including phenoxy) is 1. The number of hydrogen-bond donors (Lipinski definition) is 0. The van der Waals surface area contributed by atoms with Gasteiger partial charge in [-0.15, -0.1) is 0 Å². The molecule has 0 amide bonds. The van der Waals surface area contributed by atoms with Crippen LogP contribution in [0.15, 0.2) is 187 Å². The lowest BCUT2D eigenvalue weighted by Gasteiger charge is -2.42. The lowest BCUT2D eigenvalue weighted by molar-refractivity contribution is 0.435. The molecule has 276 valence electrons. The van der Waals surface area contributed by atoms with Crippen LogP contribution in [0.3, 0.4) is 0 Å². The molecule has 3 aromatic heterocycles. The molecule has 59 heavy (non-hydrogen) atoms. The van der Waals surface area contributed by atoms with Crippen LogP contribution >= 0.6 is 0 Å². The Balaban J connectivity index is 1.11. The highest BCUT2D eigenvalue weighted by Gasteiger charge is 2.48. The molecule has 0 saturated carbocycles. The summed E-state index contributed by atoms with van der Waals surface area (Å²) in [6.45, 7) is 0. The third-order valence-electron chi connectivity index (χ3n) is 11.7. The second kappa shape index (κ2) is 13.0. The maximum absolute atomic E-state index is 6.89. The van der Waals surface area contributed by atoms with Crippen molar-refractivity contribution in [3.8, 4) is 56.8 Å². The Bertz CT molecular complexity index is 3300. The number of nitrogens with zero attached hydrogens (tertiary/aromatic N) is 4. The molecule has 1 aliphatic carbocycles. The normalized spacial score (nSPS) is 14.9. The molecule has 12 rings (SSSR count). The van der Waals surface area contributed by atoms with Gasteiger partial charge < -0.3 is 9.15 Å². The highest BCUT2D eigenvalue weighted by molar-refractivity contribution is 6.06. The van der Waals surface area contributed by atoms with Gasteiger partial charge in [0, 0.05) is 56.5 Å². The minimum absolute atomic E-state index is 0.620. The van der Waals surface area contributed by atoms with Crippen LogP contribution in [0.1, 0.15) is 33.4 Å². The van der Waals surface area contributed by atoms with E-state index in [1.165, 1.54) is 0 Å². The van der Waals surface area contributed by atoms with E-state index < -0.39 is 5.41 Å². The molecular formula is C53H32N4O2. The van der Waals surface area contributed by atoms with Crippen molar-refractivity contribution >= 4 is 34.1 Å². The van der Waals surface area contributed by atoms with Gasteiger partial charge >= 0.3 is 0 Å². The molecule has 6 nitrogen and oxygen atoms in total. The van der Waals surface area contributed by atoms with E-state index in [2.05, 4.69) is 91.0 Å². The Hall–Kier alpha value is -7.96. The first kappa shape index (κ1) is 33.2. The summed E-state index contributed by atoms with van der Waals surface area (Å²) in [6.07, 6.45) is 8.16. The molecule has 2 aliphatic rings. The Kier molecular flexibility index (Phi) is 7.34. The zero-order valence-corrected chi connectivity index (χ0v) is 31.6. The summed E-state index contributed by atoms with van der Waals surface area (Å²) in [5.41, 5.74) is 12.6. The predicted octanol–water partition coefficient (Wildman–Crippen LogP) is 12.8. The van der Waals surface area contributed by atoms with Gasteiger partial charge in [0.15, 0.2) is 11.6 Å². The fourth-order valence-corrected chi connectivity index (χ4v) is 8.99. The number of benzene rings is 7. The average molecular weight is 757 g/mol. The maximum Gasteiger partial charge on any atom is 0.160 e. The molecular weight excluding hydrogens is 725 g/mol. The van der Waals surface area contributed by atoms with E-state index in [1.807, 2.05) is 103 Å². The van der Waals surface area contributed by atoms with E-state index in [4.69, 9.17) is 29.1 Å². The second-order valence-electron chi connectivity index (χ2n) is 15.0. The molecule has 0 saturated heterocycles. The summed E-state index contributed by atoms with van der Waals surface area (Å²) in [6, 6.07) is 58.5. The Labute approximate surface area is 339 Å². The van der Waals surface area contributed by atoms with Crippen molar-refractivity contribution < 1.29 is 9.15 Å². The second-order valence-corrected chi connectivity index (χ2v) is 15.0. The van der Waals surface area contributed by atoms with Crippen molar-refractivity contribution in [3.05, 3.63) is 216 Å². The molecule has 1 unspecified atom stereocenters. The molecule has 7 aromatic carbocycles. The molecule has 4 heterocycles. The SMILES string of the molecule is C1=Cc2ccc(-c3cc(-c4cnc(-c5ccccc5)nc4)nc(-c4ccccc4)n3)cc2C2(c3ccccc31)c1ccccc1Oc1cc3c(cc12)oc1ccccc13. The van der Waals surface area contributed by atoms with Gasteiger partial charge in [-0.05, 0) is 58.7 Å². The smallest absolute Gasteiger partial charge is 0.160 e. The summed E-state index contributed by atoms with van der Waals surface area (Å²) in [5, 5.41) is 2.08. The Morgan fingerprint density at radius 1 is 0.390 bits per heavy atom. The number of hydrogen-bond acceptors (Lipinski definition) is 6. The summed E-state index contributed by atoms with van der Waals surface area (Å²) in [4.78, 5) is 19.9. The average Bonchev–Trinajstić information content (AvgIpc) is 3.60. The summed E-state index contributed by atoms with van der Waals surface area (Å²) in [5.74, 6) is 2.89. The van der Waals surface area contributed by atoms with Crippen LogP contribution in [-0.2, 0) is 5.41 Å². The first-order chi connectivity index (χ1) is 29.2. The Morgan fingerprint density at radius 2 is 1.03 bits per heavy atom. The minimum atomic E-state index is -0.790. The van der Waals surface area contributed by atoms with E-state index in [0.717, 1.165) is 100 Å². The zero-order valence-electron chi connectivity index (χ0n) is 31.6. The molecule has 6 heteroatoms. The maximum atomic E-state index is 6.89. The van der Waals surface area contributed by atoms with Crippen molar-refractivity contribution in [2.75, 3.05) is 0 Å². The number of furan rings is 1. The largest absolute Gasteiger partial charge is 0.457 e. The lowest BCUT2D eigenvalue weighted by Crippen LogP contribution is -2.35. The third-order valence-corrected chi connectivity index (χ3v) is 11.7. The van der Waals surface area contributed by atoms with Gasteiger partial charge in [-0.25, -0.2) is 19.9 Å². The van der Waals surface area contributed by atoms with Crippen LogP contribution in [0.4, 0.5) is 0 Å². The molecule has 0 radical (unpaired) electrons. The zero-order chi connectivity index (χ0) is 38.9. The lowest BCUT2D eigenvalue weighted by atomic mass is 9.62. The third kappa shape index (κ3) is 5.20. The predicted molar refractivity (Wildman–Crippen MR) is 234 cm³/mol. The van der Waals surface area contributed by atoms with Gasteiger partial charge in [0.25, 0.3) is 0 Å². The van der Waals surface area contributed by atoms with Crippen molar-refractivity contribution in [1.29, 1.82) is 0 Å². The van der Waals surface area contributed by atoms with Crippen LogP contribution in [0.25, 0.3) is 79.4 Å². The monoisotopic (exact) mass is 756 g/mol. The van der Waals surface area contributed by atoms with Gasteiger partial charge in [0.05, 0.1) is 16.8 Å². The van der Waals surface area contributed by atoms with E-state index in [0.29, 0.717) is 11.6 Å². The molecule has 10 aromatic rings. The highest BCUT2D eigenvalue weighted by atomic mass is 16.5. The number of para-hydroxylation sites is 2. The fraction of sp³-hybridized carbons (Fsp3) is 0.0189. The summed E-state index contributed by atoms with van der Waals surface area (Å²) >= 11 is 0.